The largest absolute Gasteiger partial charge is 0.372 e. The number of carbonyl (C=O) groups is 1. The topological polar surface area (TPSA) is 44.4 Å². The standard InChI is InChI=1S/C17H29N3O/c1-6-20(7-2)15-8-9-16(14(5)12-15)19-17(21)18-11-10-13(3)4/h8-9,12-13H,6-7,10-11H2,1-5H3,(H2,18,19,21). The van der Waals surface area contributed by atoms with Gasteiger partial charge < -0.3 is 15.5 Å². The van der Waals surface area contributed by atoms with E-state index >= 15 is 0 Å². The Kier molecular flexibility index (Phi) is 7.06. The molecular formula is C17H29N3O. The molecule has 0 unspecified atom stereocenters. The Morgan fingerprint density at radius 3 is 2.43 bits per heavy atom. The summed E-state index contributed by atoms with van der Waals surface area (Å²) >= 11 is 0. The van der Waals surface area contributed by atoms with Gasteiger partial charge in [-0.2, -0.15) is 0 Å². The molecule has 0 radical (unpaired) electrons. The summed E-state index contributed by atoms with van der Waals surface area (Å²) in [6.45, 7) is 13.3. The fraction of sp³-hybridized carbons (Fsp3) is 0.588. The van der Waals surface area contributed by atoms with Crippen molar-refractivity contribution in [1.29, 1.82) is 0 Å². The van der Waals surface area contributed by atoms with Crippen molar-refractivity contribution < 1.29 is 4.79 Å². The Morgan fingerprint density at radius 2 is 1.90 bits per heavy atom. The zero-order chi connectivity index (χ0) is 15.8. The predicted octanol–water partition coefficient (Wildman–Crippen LogP) is 4.01. The van der Waals surface area contributed by atoms with Crippen LogP contribution in [0.25, 0.3) is 0 Å². The SMILES string of the molecule is CCN(CC)c1ccc(NC(=O)NCCC(C)C)c(C)c1. The predicted molar refractivity (Wildman–Crippen MR) is 91.2 cm³/mol. The normalized spacial score (nSPS) is 10.6. The lowest BCUT2D eigenvalue weighted by molar-refractivity contribution is 0.251. The molecule has 1 rings (SSSR count). The van der Waals surface area contributed by atoms with Gasteiger partial charge >= 0.3 is 6.03 Å². The van der Waals surface area contributed by atoms with Gasteiger partial charge in [-0.3, -0.25) is 0 Å². The van der Waals surface area contributed by atoms with Crippen molar-refractivity contribution in [2.45, 2.75) is 41.0 Å². The maximum atomic E-state index is 11.8. The van der Waals surface area contributed by atoms with Crippen molar-refractivity contribution in [2.24, 2.45) is 5.92 Å². The van der Waals surface area contributed by atoms with Crippen LogP contribution in [-0.2, 0) is 0 Å². The van der Waals surface area contributed by atoms with E-state index in [2.05, 4.69) is 55.4 Å². The summed E-state index contributed by atoms with van der Waals surface area (Å²) in [5.41, 5.74) is 3.15. The van der Waals surface area contributed by atoms with Crippen LogP contribution in [-0.4, -0.2) is 25.7 Å². The average Bonchev–Trinajstić information content (AvgIpc) is 2.42. The minimum Gasteiger partial charge on any atom is -0.372 e. The number of aryl methyl sites for hydroxylation is 1. The maximum Gasteiger partial charge on any atom is 0.319 e. The zero-order valence-corrected chi connectivity index (χ0v) is 14.0. The second kappa shape index (κ2) is 8.55. The summed E-state index contributed by atoms with van der Waals surface area (Å²) in [7, 11) is 0. The van der Waals surface area contributed by atoms with Gasteiger partial charge in [-0.15, -0.1) is 0 Å². The van der Waals surface area contributed by atoms with Crippen molar-refractivity contribution in [3.8, 4) is 0 Å². The molecule has 118 valence electrons. The number of anilines is 2. The second-order valence-corrected chi connectivity index (χ2v) is 5.73. The molecular weight excluding hydrogens is 262 g/mol. The van der Waals surface area contributed by atoms with Gasteiger partial charge in [0.2, 0.25) is 0 Å². The molecule has 0 aliphatic carbocycles. The molecule has 0 atom stereocenters. The number of hydrogen-bond donors (Lipinski definition) is 2. The monoisotopic (exact) mass is 291 g/mol. The Bertz CT molecular complexity index is 453. The van der Waals surface area contributed by atoms with E-state index in [0.29, 0.717) is 12.5 Å². The third kappa shape index (κ3) is 5.66. The van der Waals surface area contributed by atoms with Crippen molar-refractivity contribution in [2.75, 3.05) is 29.9 Å². The molecule has 0 bridgehead atoms. The Morgan fingerprint density at radius 1 is 1.24 bits per heavy atom. The van der Waals surface area contributed by atoms with E-state index < -0.39 is 0 Å². The lowest BCUT2D eigenvalue weighted by atomic mass is 10.1. The molecule has 0 aromatic heterocycles. The van der Waals surface area contributed by atoms with Crippen molar-refractivity contribution >= 4 is 17.4 Å². The Balaban J connectivity index is 2.62. The molecule has 1 aromatic rings. The molecule has 0 saturated heterocycles. The number of benzene rings is 1. The van der Waals surface area contributed by atoms with Crippen LogP contribution in [0.2, 0.25) is 0 Å². The number of nitrogens with zero attached hydrogens (tertiary/aromatic N) is 1. The summed E-state index contributed by atoms with van der Waals surface area (Å²) in [5, 5.41) is 5.81. The van der Waals surface area contributed by atoms with Gasteiger partial charge in [0.1, 0.15) is 0 Å². The van der Waals surface area contributed by atoms with E-state index in [1.165, 1.54) is 5.69 Å². The van der Waals surface area contributed by atoms with Gasteiger partial charge in [0.05, 0.1) is 0 Å². The average molecular weight is 291 g/mol. The first-order valence-corrected chi connectivity index (χ1v) is 7.88. The van der Waals surface area contributed by atoms with Gasteiger partial charge in [0.25, 0.3) is 0 Å². The van der Waals surface area contributed by atoms with E-state index in [-0.39, 0.29) is 6.03 Å². The molecule has 4 nitrogen and oxygen atoms in total. The van der Waals surface area contributed by atoms with Gasteiger partial charge in [0.15, 0.2) is 0 Å². The van der Waals surface area contributed by atoms with E-state index in [4.69, 9.17) is 0 Å². The molecule has 2 amide bonds. The van der Waals surface area contributed by atoms with Crippen LogP contribution in [0.3, 0.4) is 0 Å². The molecule has 0 fully saturated rings. The van der Waals surface area contributed by atoms with Gasteiger partial charge in [-0.1, -0.05) is 13.8 Å². The van der Waals surface area contributed by atoms with Gasteiger partial charge in [-0.25, -0.2) is 4.79 Å². The second-order valence-electron chi connectivity index (χ2n) is 5.73. The lowest BCUT2D eigenvalue weighted by Gasteiger charge is -2.22. The first kappa shape index (κ1) is 17.3. The van der Waals surface area contributed by atoms with Gasteiger partial charge in [0, 0.05) is 31.0 Å². The fourth-order valence-electron chi connectivity index (χ4n) is 2.21. The number of nitrogens with one attached hydrogen (secondary N) is 2. The maximum absolute atomic E-state index is 11.8. The van der Waals surface area contributed by atoms with E-state index in [1.807, 2.05) is 13.0 Å². The Hall–Kier alpha value is -1.71. The number of hydrogen-bond acceptors (Lipinski definition) is 2. The molecule has 0 heterocycles. The van der Waals surface area contributed by atoms with E-state index in [1.54, 1.807) is 0 Å². The molecule has 2 N–H and O–H groups in total. The summed E-state index contributed by atoms with van der Waals surface area (Å²) in [6, 6.07) is 6.03. The molecule has 1 aromatic carbocycles. The summed E-state index contributed by atoms with van der Waals surface area (Å²) in [5.74, 6) is 0.598. The summed E-state index contributed by atoms with van der Waals surface area (Å²) in [4.78, 5) is 14.1. The number of carbonyl (C=O) groups excluding carboxylic acids is 1. The summed E-state index contributed by atoms with van der Waals surface area (Å²) < 4.78 is 0. The minimum atomic E-state index is -0.130. The quantitative estimate of drug-likeness (QED) is 0.797. The number of urea groups is 1. The van der Waals surface area contributed by atoms with Crippen LogP contribution in [0.15, 0.2) is 18.2 Å². The Labute approximate surface area is 128 Å². The van der Waals surface area contributed by atoms with Crippen molar-refractivity contribution in [3.05, 3.63) is 23.8 Å². The molecule has 21 heavy (non-hydrogen) atoms. The highest BCUT2D eigenvalue weighted by atomic mass is 16.2. The van der Waals surface area contributed by atoms with Gasteiger partial charge in [-0.05, 0) is 56.9 Å². The zero-order valence-electron chi connectivity index (χ0n) is 14.0. The van der Waals surface area contributed by atoms with Crippen LogP contribution in [0.4, 0.5) is 16.2 Å². The first-order valence-electron chi connectivity index (χ1n) is 7.88. The van der Waals surface area contributed by atoms with Crippen LogP contribution < -0.4 is 15.5 Å². The molecule has 0 aliphatic rings. The summed E-state index contributed by atoms with van der Waals surface area (Å²) in [6.07, 6.45) is 0.993. The molecule has 0 spiro atoms. The highest BCUT2D eigenvalue weighted by Gasteiger charge is 2.07. The van der Waals surface area contributed by atoms with Crippen LogP contribution >= 0.6 is 0 Å². The molecule has 0 aliphatic heterocycles. The highest BCUT2D eigenvalue weighted by Crippen LogP contribution is 2.22. The van der Waals surface area contributed by atoms with Crippen LogP contribution in [0.1, 0.15) is 39.7 Å². The number of rotatable bonds is 7. The number of amides is 2. The molecule has 4 heteroatoms. The van der Waals surface area contributed by atoms with E-state index in [9.17, 15) is 4.79 Å². The molecule has 0 saturated carbocycles. The van der Waals surface area contributed by atoms with E-state index in [0.717, 1.165) is 30.8 Å². The first-order chi connectivity index (χ1) is 9.97. The lowest BCUT2D eigenvalue weighted by Crippen LogP contribution is -2.30. The van der Waals surface area contributed by atoms with Crippen LogP contribution in [0, 0.1) is 12.8 Å². The third-order valence-electron chi connectivity index (χ3n) is 3.59. The smallest absolute Gasteiger partial charge is 0.319 e. The minimum absolute atomic E-state index is 0.130. The fourth-order valence-corrected chi connectivity index (χ4v) is 2.21. The van der Waals surface area contributed by atoms with Crippen LogP contribution in [0.5, 0.6) is 0 Å². The third-order valence-corrected chi connectivity index (χ3v) is 3.59. The van der Waals surface area contributed by atoms with Crippen molar-refractivity contribution in [3.63, 3.8) is 0 Å². The van der Waals surface area contributed by atoms with Crippen molar-refractivity contribution in [1.82, 2.24) is 5.32 Å². The highest BCUT2D eigenvalue weighted by molar-refractivity contribution is 5.90.